The molecule has 0 spiro atoms. The van der Waals surface area contributed by atoms with E-state index >= 15 is 0 Å². The molecule has 1 aromatic carbocycles. The van der Waals surface area contributed by atoms with E-state index in [0.717, 1.165) is 5.56 Å². The largest absolute Gasteiger partial charge is 0.396 e. The van der Waals surface area contributed by atoms with Crippen molar-refractivity contribution in [3.05, 3.63) is 53.7 Å². The predicted molar refractivity (Wildman–Crippen MR) is 77.2 cm³/mol. The zero-order chi connectivity index (χ0) is 14.4. The Balaban J connectivity index is 2.02. The van der Waals surface area contributed by atoms with Crippen LogP contribution in [0.25, 0.3) is 0 Å². The second kappa shape index (κ2) is 6.65. The van der Waals surface area contributed by atoms with Gasteiger partial charge in [-0.2, -0.15) is 0 Å². The van der Waals surface area contributed by atoms with Crippen molar-refractivity contribution in [2.24, 2.45) is 5.84 Å². The molecule has 0 atom stereocenters. The van der Waals surface area contributed by atoms with Crippen molar-refractivity contribution in [3.63, 3.8) is 0 Å². The molecule has 1 aromatic heterocycles. The molecule has 0 aliphatic carbocycles. The van der Waals surface area contributed by atoms with Crippen LogP contribution < -0.4 is 16.6 Å². The Morgan fingerprint density at radius 3 is 2.50 bits per heavy atom. The third kappa shape index (κ3) is 3.53. The topological polar surface area (TPSA) is 100 Å². The highest BCUT2D eigenvalue weighted by Gasteiger charge is 2.06. The SMILES string of the molecule is NNc1ccc(C(=O)Nc2ccc(CCO)cc2)cn1. The summed E-state index contributed by atoms with van der Waals surface area (Å²) in [6.07, 6.45) is 2.05. The zero-order valence-electron chi connectivity index (χ0n) is 10.8. The summed E-state index contributed by atoms with van der Waals surface area (Å²) in [5.41, 5.74) is 4.56. The Hall–Kier alpha value is -2.44. The van der Waals surface area contributed by atoms with Gasteiger partial charge in [-0.05, 0) is 36.2 Å². The minimum atomic E-state index is -0.240. The standard InChI is InChI=1S/C14H16N4O2/c15-18-13-6-3-11(9-16-13)14(20)17-12-4-1-10(2-5-12)7-8-19/h1-6,9,19H,7-8,15H2,(H,16,18)(H,17,20). The first-order chi connectivity index (χ1) is 9.72. The van der Waals surface area contributed by atoms with E-state index in [2.05, 4.69) is 15.7 Å². The van der Waals surface area contributed by atoms with Gasteiger partial charge in [0.1, 0.15) is 5.82 Å². The molecule has 0 unspecified atom stereocenters. The van der Waals surface area contributed by atoms with Gasteiger partial charge in [0.15, 0.2) is 0 Å². The monoisotopic (exact) mass is 272 g/mol. The number of hydrogen-bond donors (Lipinski definition) is 4. The van der Waals surface area contributed by atoms with E-state index in [1.54, 1.807) is 24.3 Å². The summed E-state index contributed by atoms with van der Waals surface area (Å²) >= 11 is 0. The highest BCUT2D eigenvalue weighted by molar-refractivity contribution is 6.04. The molecule has 0 saturated heterocycles. The first-order valence-corrected chi connectivity index (χ1v) is 6.17. The third-order valence-corrected chi connectivity index (χ3v) is 2.79. The minimum absolute atomic E-state index is 0.110. The number of aromatic nitrogens is 1. The van der Waals surface area contributed by atoms with Crippen LogP contribution in [0.4, 0.5) is 11.5 Å². The molecule has 0 fully saturated rings. The van der Waals surface area contributed by atoms with Crippen LogP contribution in [0, 0.1) is 0 Å². The van der Waals surface area contributed by atoms with E-state index in [9.17, 15) is 4.79 Å². The van der Waals surface area contributed by atoms with Gasteiger partial charge in [0.25, 0.3) is 5.91 Å². The number of nitrogen functional groups attached to an aromatic ring is 1. The maximum absolute atomic E-state index is 12.0. The third-order valence-electron chi connectivity index (χ3n) is 2.79. The van der Waals surface area contributed by atoms with E-state index in [1.165, 1.54) is 6.20 Å². The molecule has 0 bridgehead atoms. The fraction of sp³-hybridized carbons (Fsp3) is 0.143. The van der Waals surface area contributed by atoms with Crippen molar-refractivity contribution < 1.29 is 9.90 Å². The Bertz CT molecular complexity index is 567. The minimum Gasteiger partial charge on any atom is -0.396 e. The number of anilines is 2. The van der Waals surface area contributed by atoms with E-state index in [1.807, 2.05) is 12.1 Å². The number of pyridine rings is 1. The lowest BCUT2D eigenvalue weighted by molar-refractivity contribution is 0.102. The number of nitrogens with two attached hydrogens (primary N) is 1. The number of carbonyl (C=O) groups is 1. The van der Waals surface area contributed by atoms with Crippen LogP contribution in [0.15, 0.2) is 42.6 Å². The van der Waals surface area contributed by atoms with E-state index in [4.69, 9.17) is 10.9 Å². The number of rotatable bonds is 5. The second-order valence-electron chi connectivity index (χ2n) is 4.20. The quantitative estimate of drug-likeness (QED) is 0.483. The molecule has 104 valence electrons. The number of aliphatic hydroxyl groups excluding tert-OH is 1. The van der Waals surface area contributed by atoms with Gasteiger partial charge in [-0.3, -0.25) is 4.79 Å². The van der Waals surface area contributed by atoms with Crippen LogP contribution in [-0.4, -0.2) is 22.6 Å². The summed E-state index contributed by atoms with van der Waals surface area (Å²) < 4.78 is 0. The molecule has 0 aliphatic rings. The molecule has 20 heavy (non-hydrogen) atoms. The fourth-order valence-corrected chi connectivity index (χ4v) is 1.70. The van der Waals surface area contributed by atoms with Crippen LogP contribution >= 0.6 is 0 Å². The second-order valence-corrected chi connectivity index (χ2v) is 4.20. The average molecular weight is 272 g/mol. The van der Waals surface area contributed by atoms with Gasteiger partial charge in [0.05, 0.1) is 5.56 Å². The van der Waals surface area contributed by atoms with Crippen molar-refractivity contribution in [2.45, 2.75) is 6.42 Å². The highest BCUT2D eigenvalue weighted by atomic mass is 16.2. The van der Waals surface area contributed by atoms with Crippen molar-refractivity contribution in [2.75, 3.05) is 17.3 Å². The van der Waals surface area contributed by atoms with Gasteiger partial charge in [-0.1, -0.05) is 12.1 Å². The van der Waals surface area contributed by atoms with Crippen molar-refractivity contribution in [1.29, 1.82) is 0 Å². The maximum Gasteiger partial charge on any atom is 0.257 e. The van der Waals surface area contributed by atoms with E-state index < -0.39 is 0 Å². The first kappa shape index (κ1) is 14.0. The molecule has 0 radical (unpaired) electrons. The van der Waals surface area contributed by atoms with Crippen molar-refractivity contribution in [3.8, 4) is 0 Å². The molecule has 6 heteroatoms. The molecule has 0 saturated carbocycles. The lowest BCUT2D eigenvalue weighted by Crippen LogP contribution is -2.13. The van der Waals surface area contributed by atoms with Gasteiger partial charge in [0.2, 0.25) is 0 Å². The maximum atomic E-state index is 12.0. The molecule has 5 N–H and O–H groups in total. The van der Waals surface area contributed by atoms with Crippen LogP contribution in [0.3, 0.4) is 0 Å². The number of hydrogen-bond acceptors (Lipinski definition) is 5. The molecular weight excluding hydrogens is 256 g/mol. The number of nitrogens with one attached hydrogen (secondary N) is 2. The number of benzene rings is 1. The summed E-state index contributed by atoms with van der Waals surface area (Å²) in [6.45, 7) is 0.110. The number of nitrogens with zero attached hydrogens (tertiary/aromatic N) is 1. The van der Waals surface area contributed by atoms with Crippen molar-refractivity contribution >= 4 is 17.4 Å². The van der Waals surface area contributed by atoms with Crippen LogP contribution in [-0.2, 0) is 6.42 Å². The molecule has 2 rings (SSSR count). The summed E-state index contributed by atoms with van der Waals surface area (Å²) in [6, 6.07) is 10.6. The summed E-state index contributed by atoms with van der Waals surface area (Å²) in [7, 11) is 0. The smallest absolute Gasteiger partial charge is 0.257 e. The Kier molecular flexibility index (Phi) is 4.65. The fourth-order valence-electron chi connectivity index (χ4n) is 1.70. The van der Waals surface area contributed by atoms with Gasteiger partial charge in [-0.25, -0.2) is 10.8 Å². The molecule has 1 heterocycles. The molecule has 6 nitrogen and oxygen atoms in total. The Morgan fingerprint density at radius 2 is 1.95 bits per heavy atom. The first-order valence-electron chi connectivity index (χ1n) is 6.17. The van der Waals surface area contributed by atoms with Gasteiger partial charge in [-0.15, -0.1) is 0 Å². The Labute approximate surface area is 116 Å². The lowest BCUT2D eigenvalue weighted by atomic mass is 10.1. The molecule has 0 aliphatic heterocycles. The van der Waals surface area contributed by atoms with Crippen LogP contribution in [0.5, 0.6) is 0 Å². The summed E-state index contributed by atoms with van der Waals surface area (Å²) in [5.74, 6) is 5.46. The molecule has 2 aromatic rings. The lowest BCUT2D eigenvalue weighted by Gasteiger charge is -2.06. The number of carbonyl (C=O) groups excluding carboxylic acids is 1. The van der Waals surface area contributed by atoms with Gasteiger partial charge < -0.3 is 15.8 Å². The molecule has 1 amide bonds. The van der Waals surface area contributed by atoms with Gasteiger partial charge in [0, 0.05) is 18.5 Å². The van der Waals surface area contributed by atoms with Gasteiger partial charge >= 0.3 is 0 Å². The van der Waals surface area contributed by atoms with Crippen molar-refractivity contribution in [1.82, 2.24) is 4.98 Å². The Morgan fingerprint density at radius 1 is 1.20 bits per heavy atom. The molecular formula is C14H16N4O2. The zero-order valence-corrected chi connectivity index (χ0v) is 10.8. The highest BCUT2D eigenvalue weighted by Crippen LogP contribution is 2.12. The summed E-state index contributed by atoms with van der Waals surface area (Å²) in [5, 5.41) is 11.6. The summed E-state index contributed by atoms with van der Waals surface area (Å²) in [4.78, 5) is 16.0. The average Bonchev–Trinajstić information content (AvgIpc) is 2.49. The number of amides is 1. The van der Waals surface area contributed by atoms with E-state index in [-0.39, 0.29) is 12.5 Å². The number of aliphatic hydroxyl groups is 1. The van der Waals surface area contributed by atoms with Crippen LogP contribution in [0.2, 0.25) is 0 Å². The number of hydrazine groups is 1. The predicted octanol–water partition coefficient (Wildman–Crippen LogP) is 1.15. The van der Waals surface area contributed by atoms with Crippen LogP contribution in [0.1, 0.15) is 15.9 Å². The van der Waals surface area contributed by atoms with E-state index in [0.29, 0.717) is 23.5 Å². The normalized spacial score (nSPS) is 10.1.